The van der Waals surface area contributed by atoms with Crippen LogP contribution >= 0.6 is 15.9 Å². The molecule has 0 aliphatic heterocycles. The zero-order valence-electron chi connectivity index (χ0n) is 12.3. The van der Waals surface area contributed by atoms with Crippen molar-refractivity contribution in [1.82, 2.24) is 10.3 Å². The van der Waals surface area contributed by atoms with E-state index < -0.39 is 0 Å². The van der Waals surface area contributed by atoms with E-state index in [2.05, 4.69) is 45.3 Å². The second-order valence-corrected chi connectivity index (χ2v) is 6.11. The largest absolute Gasteiger partial charge is 0.358 e. The maximum absolute atomic E-state index is 12.2. The number of carbonyl (C=O) groups is 1. The Labute approximate surface area is 137 Å². The lowest BCUT2D eigenvalue weighted by Crippen LogP contribution is -2.26. The van der Waals surface area contributed by atoms with Crippen molar-refractivity contribution in [2.75, 3.05) is 6.54 Å². The zero-order chi connectivity index (χ0) is 15.5. The van der Waals surface area contributed by atoms with Crippen molar-refractivity contribution < 1.29 is 4.79 Å². The molecule has 2 N–H and O–H groups in total. The fourth-order valence-corrected chi connectivity index (χ4v) is 3.16. The molecule has 4 heteroatoms. The van der Waals surface area contributed by atoms with Crippen molar-refractivity contribution in [3.8, 4) is 0 Å². The third-order valence-electron chi connectivity index (χ3n) is 3.81. The van der Waals surface area contributed by atoms with Crippen molar-refractivity contribution in [3.63, 3.8) is 0 Å². The van der Waals surface area contributed by atoms with Crippen molar-refractivity contribution in [2.24, 2.45) is 0 Å². The quantitative estimate of drug-likeness (QED) is 0.722. The van der Waals surface area contributed by atoms with Gasteiger partial charge in [-0.1, -0.05) is 30.3 Å². The van der Waals surface area contributed by atoms with Crippen LogP contribution in [-0.4, -0.2) is 17.4 Å². The van der Waals surface area contributed by atoms with Gasteiger partial charge in [-0.05, 0) is 53.0 Å². The van der Waals surface area contributed by atoms with Gasteiger partial charge in [-0.25, -0.2) is 0 Å². The lowest BCUT2D eigenvalue weighted by atomic mass is 10.1. The summed E-state index contributed by atoms with van der Waals surface area (Å²) in [6, 6.07) is 15.7. The highest BCUT2D eigenvalue weighted by atomic mass is 79.9. The molecule has 0 fully saturated rings. The first-order valence-electron chi connectivity index (χ1n) is 7.25. The van der Waals surface area contributed by atoms with Crippen molar-refractivity contribution in [1.29, 1.82) is 0 Å². The molecule has 1 amide bonds. The van der Waals surface area contributed by atoms with Crippen LogP contribution in [0, 0.1) is 6.92 Å². The number of aryl methyl sites for hydroxylation is 1. The van der Waals surface area contributed by atoms with Crippen LogP contribution in [0.15, 0.2) is 53.0 Å². The van der Waals surface area contributed by atoms with Crippen molar-refractivity contribution >= 4 is 32.7 Å². The Morgan fingerprint density at radius 1 is 1.14 bits per heavy atom. The number of nitrogens with one attached hydrogen (secondary N) is 2. The molecule has 3 rings (SSSR count). The Morgan fingerprint density at radius 3 is 2.68 bits per heavy atom. The van der Waals surface area contributed by atoms with Gasteiger partial charge in [0.05, 0.1) is 5.56 Å². The van der Waals surface area contributed by atoms with Crippen molar-refractivity contribution in [3.05, 3.63) is 69.8 Å². The highest BCUT2D eigenvalue weighted by molar-refractivity contribution is 9.10. The summed E-state index contributed by atoms with van der Waals surface area (Å²) in [7, 11) is 0. The molecule has 22 heavy (non-hydrogen) atoms. The van der Waals surface area contributed by atoms with Crippen LogP contribution in [0.2, 0.25) is 0 Å². The number of benzene rings is 2. The molecule has 0 aliphatic carbocycles. The Hall–Kier alpha value is -2.07. The maximum atomic E-state index is 12.2. The highest BCUT2D eigenvalue weighted by Crippen LogP contribution is 2.22. The fourth-order valence-electron chi connectivity index (χ4n) is 2.70. The van der Waals surface area contributed by atoms with E-state index in [1.54, 1.807) is 0 Å². The molecule has 0 bridgehead atoms. The maximum Gasteiger partial charge on any atom is 0.252 e. The summed E-state index contributed by atoms with van der Waals surface area (Å²) in [6.45, 7) is 2.69. The number of hydrogen-bond acceptors (Lipinski definition) is 1. The van der Waals surface area contributed by atoms with E-state index in [4.69, 9.17) is 0 Å². The molecule has 1 aromatic heterocycles. The zero-order valence-corrected chi connectivity index (χ0v) is 13.9. The summed E-state index contributed by atoms with van der Waals surface area (Å²) < 4.78 is 0.816. The minimum atomic E-state index is -0.0510. The number of para-hydroxylation sites is 1. The molecule has 0 aliphatic rings. The van der Waals surface area contributed by atoms with E-state index in [-0.39, 0.29) is 5.91 Å². The lowest BCUT2D eigenvalue weighted by Gasteiger charge is -2.07. The number of H-pyrrole nitrogens is 1. The van der Waals surface area contributed by atoms with Crippen LogP contribution < -0.4 is 5.32 Å². The number of fused-ring (bicyclic) bond motifs is 1. The SMILES string of the molecule is Cc1[nH]c2ccccc2c1CCNC(=O)c1ccccc1Br. The summed E-state index contributed by atoms with van der Waals surface area (Å²) >= 11 is 3.41. The molecule has 112 valence electrons. The predicted octanol–water partition coefficient (Wildman–Crippen LogP) is 4.21. The Kier molecular flexibility index (Phi) is 4.29. The van der Waals surface area contributed by atoms with Gasteiger partial charge in [0, 0.05) is 27.6 Å². The first-order chi connectivity index (χ1) is 10.7. The molecule has 0 saturated heterocycles. The number of aromatic amines is 1. The first-order valence-corrected chi connectivity index (χ1v) is 8.05. The van der Waals surface area contributed by atoms with Gasteiger partial charge >= 0.3 is 0 Å². The predicted molar refractivity (Wildman–Crippen MR) is 93.2 cm³/mol. The lowest BCUT2D eigenvalue weighted by molar-refractivity contribution is 0.0953. The van der Waals surface area contributed by atoms with Crippen LogP contribution in [0.25, 0.3) is 10.9 Å². The van der Waals surface area contributed by atoms with E-state index >= 15 is 0 Å². The van der Waals surface area contributed by atoms with Gasteiger partial charge in [0.15, 0.2) is 0 Å². The number of hydrogen-bond donors (Lipinski definition) is 2. The Morgan fingerprint density at radius 2 is 1.86 bits per heavy atom. The number of rotatable bonds is 4. The van der Waals surface area contributed by atoms with E-state index in [0.717, 1.165) is 22.1 Å². The molecular weight excluding hydrogens is 340 g/mol. The normalized spacial score (nSPS) is 10.8. The van der Waals surface area contributed by atoms with Gasteiger partial charge < -0.3 is 10.3 Å². The van der Waals surface area contributed by atoms with E-state index in [0.29, 0.717) is 12.1 Å². The average Bonchev–Trinajstić information content (AvgIpc) is 2.83. The average molecular weight is 357 g/mol. The fraction of sp³-hybridized carbons (Fsp3) is 0.167. The summed E-state index contributed by atoms with van der Waals surface area (Å²) in [5.74, 6) is -0.0510. The topological polar surface area (TPSA) is 44.9 Å². The molecule has 0 atom stereocenters. The minimum Gasteiger partial charge on any atom is -0.358 e. The molecule has 3 aromatic rings. The van der Waals surface area contributed by atoms with Gasteiger partial charge in [-0.3, -0.25) is 4.79 Å². The third kappa shape index (κ3) is 2.92. The number of aromatic nitrogens is 1. The van der Waals surface area contributed by atoms with Gasteiger partial charge in [-0.2, -0.15) is 0 Å². The van der Waals surface area contributed by atoms with E-state index in [1.807, 2.05) is 36.4 Å². The number of carbonyl (C=O) groups excluding carboxylic acids is 1. The smallest absolute Gasteiger partial charge is 0.252 e. The summed E-state index contributed by atoms with van der Waals surface area (Å²) in [4.78, 5) is 15.6. The third-order valence-corrected chi connectivity index (χ3v) is 4.50. The molecule has 0 saturated carbocycles. The van der Waals surface area contributed by atoms with Gasteiger partial charge in [0.2, 0.25) is 0 Å². The van der Waals surface area contributed by atoms with Crippen LogP contribution in [0.1, 0.15) is 21.6 Å². The van der Waals surface area contributed by atoms with Crippen molar-refractivity contribution in [2.45, 2.75) is 13.3 Å². The number of halogens is 1. The standard InChI is InChI=1S/C18H17BrN2O/c1-12-13(14-6-3-5-9-17(14)21-12)10-11-20-18(22)15-7-2-4-8-16(15)19/h2-9,21H,10-11H2,1H3,(H,20,22). The Bertz CT molecular complexity index is 823. The van der Waals surface area contributed by atoms with Crippen LogP contribution in [0.4, 0.5) is 0 Å². The second-order valence-electron chi connectivity index (χ2n) is 5.26. The minimum absolute atomic E-state index is 0.0510. The molecule has 0 spiro atoms. The van der Waals surface area contributed by atoms with Gasteiger partial charge in [0.25, 0.3) is 5.91 Å². The molecular formula is C18H17BrN2O. The van der Waals surface area contributed by atoms with Gasteiger partial charge in [0.1, 0.15) is 0 Å². The number of amides is 1. The molecule has 0 radical (unpaired) electrons. The monoisotopic (exact) mass is 356 g/mol. The second kappa shape index (κ2) is 6.36. The molecule has 0 unspecified atom stereocenters. The molecule has 1 heterocycles. The highest BCUT2D eigenvalue weighted by Gasteiger charge is 2.10. The summed E-state index contributed by atoms with van der Waals surface area (Å²) in [5, 5.41) is 4.22. The Balaban J connectivity index is 1.69. The van der Waals surface area contributed by atoms with E-state index in [9.17, 15) is 4.79 Å². The summed E-state index contributed by atoms with van der Waals surface area (Å²) in [6.07, 6.45) is 0.812. The summed E-state index contributed by atoms with van der Waals surface area (Å²) in [5.41, 5.74) is 4.24. The van der Waals surface area contributed by atoms with Gasteiger partial charge in [-0.15, -0.1) is 0 Å². The first kappa shape index (κ1) is 14.9. The van der Waals surface area contributed by atoms with Crippen LogP contribution in [0.3, 0.4) is 0 Å². The molecule has 2 aromatic carbocycles. The van der Waals surface area contributed by atoms with Crippen LogP contribution in [0.5, 0.6) is 0 Å². The van der Waals surface area contributed by atoms with E-state index in [1.165, 1.54) is 10.9 Å². The molecule has 3 nitrogen and oxygen atoms in total. The van der Waals surface area contributed by atoms with Crippen LogP contribution in [-0.2, 0) is 6.42 Å².